The maximum Gasteiger partial charge on any atom is 0.220 e. The number of alkyl halides is 1. The van der Waals surface area contributed by atoms with Crippen molar-refractivity contribution in [3.8, 4) is 0 Å². The first-order valence-electron chi connectivity index (χ1n) is 9.05. The van der Waals surface area contributed by atoms with Gasteiger partial charge in [0.15, 0.2) is 0 Å². The van der Waals surface area contributed by atoms with Crippen molar-refractivity contribution in [2.75, 3.05) is 0 Å². The summed E-state index contributed by atoms with van der Waals surface area (Å²) in [5.41, 5.74) is 0.356. The van der Waals surface area contributed by atoms with Gasteiger partial charge >= 0.3 is 0 Å². The zero-order valence-electron chi connectivity index (χ0n) is 13.0. The van der Waals surface area contributed by atoms with Crippen LogP contribution in [0.3, 0.4) is 0 Å². The molecule has 5 fully saturated rings. The minimum atomic E-state index is 0.152. The number of nitrogens with one attached hydrogen (secondary N) is 1. The topological polar surface area (TPSA) is 29.1 Å². The van der Waals surface area contributed by atoms with Crippen LogP contribution in [0.1, 0.15) is 70.6 Å². The van der Waals surface area contributed by atoms with E-state index in [0.29, 0.717) is 5.41 Å². The smallest absolute Gasteiger partial charge is 0.220 e. The molecule has 0 radical (unpaired) electrons. The molecule has 0 spiro atoms. The second kappa shape index (κ2) is 5.44. The van der Waals surface area contributed by atoms with Crippen molar-refractivity contribution in [1.82, 2.24) is 5.32 Å². The maximum absolute atomic E-state index is 12.6. The molecule has 2 unspecified atom stereocenters. The van der Waals surface area contributed by atoms with Gasteiger partial charge in [-0.15, -0.1) is 11.6 Å². The summed E-state index contributed by atoms with van der Waals surface area (Å²) in [6.45, 7) is 0. The molecule has 0 aliphatic heterocycles. The summed E-state index contributed by atoms with van der Waals surface area (Å²) in [4.78, 5) is 12.6. The lowest BCUT2D eigenvalue weighted by molar-refractivity contribution is -0.130. The third kappa shape index (κ3) is 2.85. The third-order valence-electron chi connectivity index (χ3n) is 6.73. The Labute approximate surface area is 133 Å². The van der Waals surface area contributed by atoms with Crippen molar-refractivity contribution in [3.05, 3.63) is 0 Å². The van der Waals surface area contributed by atoms with E-state index < -0.39 is 0 Å². The first-order valence-corrected chi connectivity index (χ1v) is 9.49. The highest BCUT2D eigenvalue weighted by molar-refractivity contribution is 6.21. The van der Waals surface area contributed by atoms with Crippen molar-refractivity contribution in [2.45, 2.75) is 82.0 Å². The van der Waals surface area contributed by atoms with Crippen LogP contribution in [0.5, 0.6) is 0 Å². The van der Waals surface area contributed by atoms with Gasteiger partial charge in [0.05, 0.1) is 5.38 Å². The van der Waals surface area contributed by atoms with Gasteiger partial charge in [0.1, 0.15) is 0 Å². The molecule has 21 heavy (non-hydrogen) atoms. The summed E-state index contributed by atoms with van der Waals surface area (Å²) in [5, 5.41) is 3.42. The summed E-state index contributed by atoms with van der Waals surface area (Å²) in [5.74, 6) is 3.08. The first-order chi connectivity index (χ1) is 10.1. The summed E-state index contributed by atoms with van der Waals surface area (Å²) in [7, 11) is 0. The Morgan fingerprint density at radius 3 is 2.14 bits per heavy atom. The van der Waals surface area contributed by atoms with Gasteiger partial charge in [-0.2, -0.15) is 0 Å². The van der Waals surface area contributed by atoms with Crippen molar-refractivity contribution in [2.24, 2.45) is 23.2 Å². The largest absolute Gasteiger partial charge is 0.352 e. The van der Waals surface area contributed by atoms with Crippen LogP contribution in [0.25, 0.3) is 0 Å². The van der Waals surface area contributed by atoms with Crippen LogP contribution >= 0.6 is 11.6 Å². The molecular weight excluding hydrogens is 282 g/mol. The average Bonchev–Trinajstić information content (AvgIpc) is 2.39. The Bertz CT molecular complexity index is 386. The van der Waals surface area contributed by atoms with Gasteiger partial charge in [-0.25, -0.2) is 0 Å². The van der Waals surface area contributed by atoms with E-state index >= 15 is 0 Å². The van der Waals surface area contributed by atoms with Crippen LogP contribution in [0, 0.1) is 23.2 Å². The molecule has 5 aliphatic rings. The van der Waals surface area contributed by atoms with Crippen molar-refractivity contribution in [1.29, 1.82) is 0 Å². The molecule has 0 aromatic rings. The minimum Gasteiger partial charge on any atom is -0.352 e. The van der Waals surface area contributed by atoms with E-state index in [-0.39, 0.29) is 17.3 Å². The molecule has 1 N–H and O–H groups in total. The summed E-state index contributed by atoms with van der Waals surface area (Å²) < 4.78 is 0. The molecule has 2 atom stereocenters. The fourth-order valence-corrected chi connectivity index (χ4v) is 6.70. The van der Waals surface area contributed by atoms with Gasteiger partial charge in [0.2, 0.25) is 5.91 Å². The van der Waals surface area contributed by atoms with Crippen LogP contribution in [-0.4, -0.2) is 17.3 Å². The van der Waals surface area contributed by atoms with E-state index in [0.717, 1.165) is 37.0 Å². The Morgan fingerprint density at radius 1 is 1.00 bits per heavy atom. The number of hydrogen-bond donors (Lipinski definition) is 1. The lowest BCUT2D eigenvalue weighted by Gasteiger charge is -2.56. The standard InChI is InChI=1S/C18H28ClNO/c19-15-3-1-2-4-16(15)20-17(21)11-18-8-12-5-13(9-18)7-14(6-12)10-18/h12-16H,1-11H2,(H,20,21). The van der Waals surface area contributed by atoms with Gasteiger partial charge in [-0.05, 0) is 74.5 Å². The summed E-state index contributed by atoms with van der Waals surface area (Å²) in [6.07, 6.45) is 13.7. The highest BCUT2D eigenvalue weighted by atomic mass is 35.5. The van der Waals surface area contributed by atoms with E-state index in [1.165, 1.54) is 51.4 Å². The van der Waals surface area contributed by atoms with E-state index in [9.17, 15) is 4.79 Å². The quantitative estimate of drug-likeness (QED) is 0.775. The van der Waals surface area contributed by atoms with Gasteiger partial charge in [-0.1, -0.05) is 12.8 Å². The van der Waals surface area contributed by atoms with E-state index in [4.69, 9.17) is 11.6 Å². The molecule has 5 rings (SSSR count). The second-order valence-electron chi connectivity index (χ2n) is 8.57. The molecule has 0 heterocycles. The van der Waals surface area contributed by atoms with E-state index in [1.807, 2.05) is 0 Å². The Morgan fingerprint density at radius 2 is 1.57 bits per heavy atom. The summed E-state index contributed by atoms with van der Waals surface area (Å²) in [6, 6.07) is 0.224. The number of rotatable bonds is 3. The first kappa shape index (κ1) is 14.4. The number of hydrogen-bond acceptors (Lipinski definition) is 1. The molecule has 5 aliphatic carbocycles. The highest BCUT2D eigenvalue weighted by Crippen LogP contribution is 2.61. The molecule has 1 amide bonds. The third-order valence-corrected chi connectivity index (χ3v) is 7.25. The van der Waals surface area contributed by atoms with E-state index in [1.54, 1.807) is 0 Å². The second-order valence-corrected chi connectivity index (χ2v) is 9.13. The molecule has 2 nitrogen and oxygen atoms in total. The van der Waals surface area contributed by atoms with E-state index in [2.05, 4.69) is 5.32 Å². The number of carbonyl (C=O) groups is 1. The van der Waals surface area contributed by atoms with Crippen molar-refractivity contribution in [3.63, 3.8) is 0 Å². The maximum atomic E-state index is 12.6. The molecule has 3 heteroatoms. The van der Waals surface area contributed by atoms with Gasteiger partial charge in [0.25, 0.3) is 0 Å². The number of carbonyl (C=O) groups excluding carboxylic acids is 1. The van der Waals surface area contributed by atoms with Gasteiger partial charge in [0, 0.05) is 12.5 Å². The monoisotopic (exact) mass is 309 g/mol. The molecule has 0 aromatic heterocycles. The molecule has 0 aromatic carbocycles. The van der Waals surface area contributed by atoms with Crippen LogP contribution in [0.2, 0.25) is 0 Å². The predicted molar refractivity (Wildman–Crippen MR) is 85.3 cm³/mol. The van der Waals surface area contributed by atoms with Crippen LogP contribution in [-0.2, 0) is 4.79 Å². The lowest BCUT2D eigenvalue weighted by atomic mass is 9.49. The fourth-order valence-electron chi connectivity index (χ4n) is 6.35. The SMILES string of the molecule is O=C(CC12CC3CC(CC(C3)C1)C2)NC1CCCCC1Cl. The Balaban J connectivity index is 1.38. The van der Waals surface area contributed by atoms with Crippen molar-refractivity contribution >= 4 is 17.5 Å². The average molecular weight is 310 g/mol. The highest BCUT2D eigenvalue weighted by Gasteiger charge is 2.51. The molecule has 5 saturated carbocycles. The van der Waals surface area contributed by atoms with Crippen LogP contribution in [0.15, 0.2) is 0 Å². The van der Waals surface area contributed by atoms with Crippen LogP contribution in [0.4, 0.5) is 0 Å². The Kier molecular flexibility index (Phi) is 3.72. The molecular formula is C18H28ClNO. The Hall–Kier alpha value is -0.240. The van der Waals surface area contributed by atoms with Gasteiger partial charge in [-0.3, -0.25) is 4.79 Å². The van der Waals surface area contributed by atoms with Gasteiger partial charge < -0.3 is 5.32 Å². The molecule has 118 valence electrons. The zero-order valence-corrected chi connectivity index (χ0v) is 13.7. The van der Waals surface area contributed by atoms with Crippen molar-refractivity contribution < 1.29 is 4.79 Å². The van der Waals surface area contributed by atoms with Crippen LogP contribution < -0.4 is 5.32 Å². The number of amides is 1. The predicted octanol–water partition coefficient (Wildman–Crippen LogP) is 4.26. The normalized spacial score (nSPS) is 48.3. The lowest BCUT2D eigenvalue weighted by Crippen LogP contribution is -2.50. The molecule has 0 saturated heterocycles. The molecule has 4 bridgehead atoms. The minimum absolute atomic E-state index is 0.152. The summed E-state index contributed by atoms with van der Waals surface area (Å²) >= 11 is 6.39. The number of halogens is 1. The zero-order chi connectivity index (χ0) is 14.4. The fraction of sp³-hybridized carbons (Fsp3) is 0.944.